The highest BCUT2D eigenvalue weighted by Crippen LogP contribution is 2.31. The van der Waals surface area contributed by atoms with Gasteiger partial charge in [0.25, 0.3) is 0 Å². The van der Waals surface area contributed by atoms with Crippen molar-refractivity contribution >= 4 is 26.8 Å². The van der Waals surface area contributed by atoms with Crippen molar-refractivity contribution in [2.75, 3.05) is 11.5 Å². The lowest BCUT2D eigenvalue weighted by molar-refractivity contribution is -0.151. The number of sulfone groups is 1. The van der Waals surface area contributed by atoms with E-state index in [0.29, 0.717) is 0 Å². The van der Waals surface area contributed by atoms with Crippen molar-refractivity contribution < 1.29 is 17.9 Å². The first-order valence-corrected chi connectivity index (χ1v) is 13.4. The number of fused-ring (bicyclic) bond motifs is 1. The Balaban J connectivity index is 1.57. The van der Waals surface area contributed by atoms with Crippen molar-refractivity contribution in [1.82, 2.24) is 19.5 Å². The molecule has 188 valence electrons. The van der Waals surface area contributed by atoms with Crippen molar-refractivity contribution in [3.63, 3.8) is 0 Å². The molecule has 0 fully saturated rings. The number of benzene rings is 1. The summed E-state index contributed by atoms with van der Waals surface area (Å²) >= 11 is 0. The molecule has 0 aliphatic heterocycles. The summed E-state index contributed by atoms with van der Waals surface area (Å²) in [6.45, 7) is 8.84. The Kier molecular flexibility index (Phi) is 6.70. The van der Waals surface area contributed by atoms with Crippen LogP contribution >= 0.6 is 0 Å². The van der Waals surface area contributed by atoms with Crippen LogP contribution in [0, 0.1) is 0 Å². The van der Waals surface area contributed by atoms with E-state index in [9.17, 15) is 13.2 Å². The minimum atomic E-state index is -3.68. The van der Waals surface area contributed by atoms with E-state index in [1.807, 2.05) is 67.1 Å². The molecular weight excluding hydrogens is 476 g/mol. The number of carbonyl (C=O) groups is 1. The van der Waals surface area contributed by atoms with E-state index in [1.54, 1.807) is 33.2 Å². The Morgan fingerprint density at radius 1 is 1.00 bits per heavy atom. The summed E-state index contributed by atoms with van der Waals surface area (Å²) in [6.07, 6.45) is 6.97. The largest absolute Gasteiger partial charge is 0.459 e. The first-order valence-electron chi connectivity index (χ1n) is 11.6. The van der Waals surface area contributed by atoms with Crippen molar-refractivity contribution in [3.8, 4) is 16.9 Å². The van der Waals surface area contributed by atoms with Crippen LogP contribution in [0.15, 0.2) is 67.4 Å². The van der Waals surface area contributed by atoms with Gasteiger partial charge >= 0.3 is 5.97 Å². The van der Waals surface area contributed by atoms with Gasteiger partial charge in [0.15, 0.2) is 9.84 Å². The van der Waals surface area contributed by atoms with Gasteiger partial charge in [-0.1, -0.05) is 38.1 Å². The molecule has 0 aliphatic rings. The fourth-order valence-corrected chi connectivity index (χ4v) is 5.99. The molecule has 0 bridgehead atoms. The number of ether oxygens (including phenoxy) is 1. The van der Waals surface area contributed by atoms with Crippen LogP contribution in [-0.4, -0.2) is 51.0 Å². The van der Waals surface area contributed by atoms with Crippen LogP contribution in [0.2, 0.25) is 0 Å². The Morgan fingerprint density at radius 2 is 1.72 bits per heavy atom. The summed E-state index contributed by atoms with van der Waals surface area (Å²) in [5, 5.41) is 0.897. The van der Waals surface area contributed by atoms with Gasteiger partial charge in [0.1, 0.15) is 23.3 Å². The van der Waals surface area contributed by atoms with Crippen molar-refractivity contribution in [2.45, 2.75) is 45.6 Å². The van der Waals surface area contributed by atoms with E-state index in [2.05, 4.69) is 15.0 Å². The number of carbonyl (C=O) groups excluding carboxylic acids is 1. The number of hydrogen-bond acceptors (Lipinski definition) is 7. The molecule has 0 radical (unpaired) electrons. The van der Waals surface area contributed by atoms with Gasteiger partial charge in [0.05, 0.1) is 23.3 Å². The minimum Gasteiger partial charge on any atom is -0.459 e. The van der Waals surface area contributed by atoms with Crippen LogP contribution in [-0.2, 0) is 24.8 Å². The molecule has 1 aromatic carbocycles. The smallest absolute Gasteiger partial charge is 0.321 e. The molecule has 4 aromatic rings. The molecule has 0 saturated carbocycles. The number of pyridine rings is 1. The predicted molar refractivity (Wildman–Crippen MR) is 140 cm³/mol. The maximum absolute atomic E-state index is 12.7. The molecular formula is C27H30N4O4S. The molecule has 0 amide bonds. The standard InChI is InChI=1S/C27H30N4O4S/c1-26(2,3)35-23(32)16-36(33,34)17-27(4,5)20-10-8-19(9-11-20)24-22-12-14-31(25(22)30-18-29-24)21-7-6-13-28-15-21/h6-15,18H,16-17H2,1-5H3. The highest BCUT2D eigenvalue weighted by atomic mass is 32.2. The number of hydrogen-bond donors (Lipinski definition) is 0. The lowest BCUT2D eigenvalue weighted by atomic mass is 9.86. The zero-order chi connectivity index (χ0) is 26.1. The van der Waals surface area contributed by atoms with Crippen LogP contribution in [0.1, 0.15) is 40.2 Å². The number of rotatable bonds is 7. The molecule has 8 nitrogen and oxygen atoms in total. The Hall–Kier alpha value is -3.59. The van der Waals surface area contributed by atoms with E-state index in [0.717, 1.165) is 33.5 Å². The van der Waals surface area contributed by atoms with Crippen LogP contribution in [0.25, 0.3) is 28.0 Å². The van der Waals surface area contributed by atoms with Gasteiger partial charge in [-0.05, 0) is 44.5 Å². The summed E-state index contributed by atoms with van der Waals surface area (Å²) in [7, 11) is -3.68. The molecule has 0 spiro atoms. The maximum atomic E-state index is 12.7. The van der Waals surface area contributed by atoms with Crippen LogP contribution in [0.5, 0.6) is 0 Å². The molecule has 0 aliphatic carbocycles. The Labute approximate surface area is 211 Å². The molecule has 0 unspecified atom stereocenters. The fourth-order valence-electron chi connectivity index (χ4n) is 4.20. The average molecular weight is 507 g/mol. The van der Waals surface area contributed by atoms with Gasteiger partial charge in [0, 0.05) is 28.8 Å². The summed E-state index contributed by atoms with van der Waals surface area (Å²) in [6, 6.07) is 13.5. The highest BCUT2D eigenvalue weighted by molar-refractivity contribution is 7.92. The molecule has 9 heteroatoms. The first kappa shape index (κ1) is 25.5. The summed E-state index contributed by atoms with van der Waals surface area (Å²) < 4.78 is 32.6. The van der Waals surface area contributed by atoms with Gasteiger partial charge in [-0.2, -0.15) is 0 Å². The van der Waals surface area contributed by atoms with E-state index < -0.39 is 32.6 Å². The van der Waals surface area contributed by atoms with E-state index in [-0.39, 0.29) is 5.75 Å². The highest BCUT2D eigenvalue weighted by Gasteiger charge is 2.31. The van der Waals surface area contributed by atoms with Gasteiger partial charge < -0.3 is 4.74 Å². The molecule has 0 atom stereocenters. The minimum absolute atomic E-state index is 0.176. The molecule has 36 heavy (non-hydrogen) atoms. The Bertz CT molecular complexity index is 1490. The molecule has 0 saturated heterocycles. The van der Waals surface area contributed by atoms with Crippen molar-refractivity contribution in [1.29, 1.82) is 0 Å². The topological polar surface area (TPSA) is 104 Å². The zero-order valence-corrected chi connectivity index (χ0v) is 21.9. The summed E-state index contributed by atoms with van der Waals surface area (Å²) in [4.78, 5) is 25.2. The fraction of sp³-hybridized carbons (Fsp3) is 0.333. The summed E-state index contributed by atoms with van der Waals surface area (Å²) in [5.41, 5.74) is 2.75. The molecule has 4 rings (SSSR count). The van der Waals surface area contributed by atoms with Gasteiger partial charge in [-0.25, -0.2) is 18.4 Å². The van der Waals surface area contributed by atoms with Crippen LogP contribution in [0.4, 0.5) is 0 Å². The van der Waals surface area contributed by atoms with E-state index >= 15 is 0 Å². The SMILES string of the molecule is CC(C)(C)OC(=O)CS(=O)(=O)CC(C)(C)c1ccc(-c2ncnc3c2ccn3-c2cccnc2)cc1. The van der Waals surface area contributed by atoms with Gasteiger partial charge in [0.2, 0.25) is 0 Å². The normalized spacial score (nSPS) is 12.6. The average Bonchev–Trinajstić information content (AvgIpc) is 3.21. The second kappa shape index (κ2) is 9.46. The first-order chi connectivity index (χ1) is 16.8. The third-order valence-electron chi connectivity index (χ3n) is 5.68. The van der Waals surface area contributed by atoms with E-state index in [4.69, 9.17) is 4.74 Å². The van der Waals surface area contributed by atoms with Crippen molar-refractivity contribution in [2.24, 2.45) is 0 Å². The second-order valence-corrected chi connectivity index (χ2v) is 12.5. The van der Waals surface area contributed by atoms with Gasteiger partial charge in [-0.3, -0.25) is 14.3 Å². The Morgan fingerprint density at radius 3 is 2.36 bits per heavy atom. The number of nitrogens with zero attached hydrogens (tertiary/aromatic N) is 4. The molecule has 3 aromatic heterocycles. The summed E-state index contributed by atoms with van der Waals surface area (Å²) in [5.74, 6) is -1.55. The number of esters is 1. The van der Waals surface area contributed by atoms with Crippen LogP contribution in [0.3, 0.4) is 0 Å². The third kappa shape index (κ3) is 5.79. The maximum Gasteiger partial charge on any atom is 0.321 e. The van der Waals surface area contributed by atoms with Gasteiger partial charge in [-0.15, -0.1) is 0 Å². The van der Waals surface area contributed by atoms with E-state index in [1.165, 1.54) is 6.33 Å². The van der Waals surface area contributed by atoms with Crippen LogP contribution < -0.4 is 0 Å². The molecule has 0 N–H and O–H groups in total. The van der Waals surface area contributed by atoms with Crippen molar-refractivity contribution in [3.05, 3.63) is 72.9 Å². The lowest BCUT2D eigenvalue weighted by Crippen LogP contribution is -2.34. The second-order valence-electron chi connectivity index (χ2n) is 10.4. The molecule has 3 heterocycles. The lowest BCUT2D eigenvalue weighted by Gasteiger charge is -2.26. The number of aromatic nitrogens is 4. The third-order valence-corrected chi connectivity index (χ3v) is 7.52. The quantitative estimate of drug-likeness (QED) is 0.340. The zero-order valence-electron chi connectivity index (χ0n) is 21.1. The predicted octanol–water partition coefficient (Wildman–Crippen LogP) is 4.52. The monoisotopic (exact) mass is 506 g/mol.